The number of nitrogens with one attached hydrogen (secondary N) is 1. The molecule has 1 aromatic heterocycles. The molecule has 2 aliphatic rings. The fourth-order valence-electron chi connectivity index (χ4n) is 3.63. The Labute approximate surface area is 149 Å². The van der Waals surface area contributed by atoms with Gasteiger partial charge >= 0.3 is 0 Å². The number of carbonyl (C=O) groups is 1. The maximum atomic E-state index is 11.8. The van der Waals surface area contributed by atoms with Crippen molar-refractivity contribution in [1.29, 1.82) is 0 Å². The Morgan fingerprint density at radius 1 is 1.36 bits per heavy atom. The summed E-state index contributed by atoms with van der Waals surface area (Å²) in [6, 6.07) is 0. The normalized spacial score (nSPS) is 21.3. The van der Waals surface area contributed by atoms with E-state index in [0.717, 1.165) is 51.4 Å². The van der Waals surface area contributed by atoms with E-state index >= 15 is 0 Å². The molecule has 1 unspecified atom stereocenters. The number of rotatable bonds is 6. The third kappa shape index (κ3) is 4.80. The number of piperidine rings is 1. The van der Waals surface area contributed by atoms with Crippen LogP contribution in [-0.4, -0.2) is 45.7 Å². The average Bonchev–Trinajstić information content (AvgIpc) is 3.09. The highest BCUT2D eigenvalue weighted by atomic mass is 16.1. The molecule has 1 N–H and O–H groups in total. The van der Waals surface area contributed by atoms with Gasteiger partial charge in [-0.1, -0.05) is 30.6 Å². The third-order valence-electron chi connectivity index (χ3n) is 5.14. The lowest BCUT2D eigenvalue weighted by atomic mass is 9.98. The SMILES string of the molecule is CC(C)C(=O)NCC1CCCN(c2nnnn2CC2=CCCCC2)C1. The van der Waals surface area contributed by atoms with Gasteiger partial charge in [-0.25, -0.2) is 4.68 Å². The number of carbonyl (C=O) groups excluding carboxylic acids is 1. The summed E-state index contributed by atoms with van der Waals surface area (Å²) in [5, 5.41) is 15.5. The van der Waals surface area contributed by atoms with Crippen LogP contribution in [0.5, 0.6) is 0 Å². The number of anilines is 1. The van der Waals surface area contributed by atoms with E-state index in [-0.39, 0.29) is 11.8 Å². The van der Waals surface area contributed by atoms with Gasteiger partial charge in [-0.15, -0.1) is 0 Å². The molecule has 0 aromatic carbocycles. The molecule has 0 spiro atoms. The van der Waals surface area contributed by atoms with Gasteiger partial charge in [0, 0.05) is 25.6 Å². The van der Waals surface area contributed by atoms with Crippen LogP contribution in [0.15, 0.2) is 11.6 Å². The minimum Gasteiger partial charge on any atom is -0.356 e. The van der Waals surface area contributed by atoms with Gasteiger partial charge in [-0.3, -0.25) is 4.79 Å². The summed E-state index contributed by atoms with van der Waals surface area (Å²) in [6.07, 6.45) is 9.48. The molecular weight excluding hydrogens is 316 g/mol. The Kier molecular flexibility index (Phi) is 6.04. The molecule has 7 nitrogen and oxygen atoms in total. The first kappa shape index (κ1) is 17.9. The predicted octanol–water partition coefficient (Wildman–Crippen LogP) is 2.16. The van der Waals surface area contributed by atoms with Gasteiger partial charge in [0.25, 0.3) is 0 Å². The first-order chi connectivity index (χ1) is 12.1. The molecule has 1 fully saturated rings. The van der Waals surface area contributed by atoms with E-state index in [1.807, 2.05) is 18.5 Å². The Bertz CT molecular complexity index is 608. The second kappa shape index (κ2) is 8.45. The lowest BCUT2D eigenvalue weighted by Gasteiger charge is -2.33. The highest BCUT2D eigenvalue weighted by Gasteiger charge is 2.25. The highest BCUT2D eigenvalue weighted by molar-refractivity contribution is 5.77. The van der Waals surface area contributed by atoms with Crippen molar-refractivity contribution in [1.82, 2.24) is 25.5 Å². The van der Waals surface area contributed by atoms with Gasteiger partial charge in [-0.05, 0) is 54.9 Å². The van der Waals surface area contributed by atoms with Crippen LogP contribution in [0.25, 0.3) is 0 Å². The molecule has 7 heteroatoms. The number of amides is 1. The van der Waals surface area contributed by atoms with Crippen molar-refractivity contribution in [3.05, 3.63) is 11.6 Å². The van der Waals surface area contributed by atoms with Crippen molar-refractivity contribution in [3.8, 4) is 0 Å². The topological polar surface area (TPSA) is 75.9 Å². The molecule has 1 aliphatic carbocycles. The number of allylic oxidation sites excluding steroid dienone is 2. The van der Waals surface area contributed by atoms with Crippen molar-refractivity contribution in [2.75, 3.05) is 24.5 Å². The van der Waals surface area contributed by atoms with Gasteiger partial charge in [0.15, 0.2) is 0 Å². The van der Waals surface area contributed by atoms with E-state index in [1.165, 1.54) is 24.8 Å². The van der Waals surface area contributed by atoms with Crippen LogP contribution in [0.2, 0.25) is 0 Å². The lowest BCUT2D eigenvalue weighted by Crippen LogP contribution is -2.42. The number of tetrazole rings is 1. The number of hydrogen-bond acceptors (Lipinski definition) is 5. The summed E-state index contributed by atoms with van der Waals surface area (Å²) in [4.78, 5) is 14.1. The smallest absolute Gasteiger partial charge is 0.245 e. The molecule has 138 valence electrons. The van der Waals surface area contributed by atoms with E-state index in [2.05, 4.69) is 31.8 Å². The molecule has 2 heterocycles. The van der Waals surface area contributed by atoms with Gasteiger partial charge in [0.05, 0.1) is 6.54 Å². The monoisotopic (exact) mass is 346 g/mol. The van der Waals surface area contributed by atoms with E-state index in [4.69, 9.17) is 0 Å². The van der Waals surface area contributed by atoms with Gasteiger partial charge in [0.2, 0.25) is 11.9 Å². The Hall–Kier alpha value is -1.92. The third-order valence-corrected chi connectivity index (χ3v) is 5.14. The zero-order valence-corrected chi connectivity index (χ0v) is 15.4. The van der Waals surface area contributed by atoms with E-state index in [9.17, 15) is 4.79 Å². The van der Waals surface area contributed by atoms with E-state index in [1.54, 1.807) is 0 Å². The molecular formula is C18H30N6O. The van der Waals surface area contributed by atoms with E-state index in [0.29, 0.717) is 5.92 Å². The first-order valence-electron chi connectivity index (χ1n) is 9.60. The summed E-state index contributed by atoms with van der Waals surface area (Å²) in [6.45, 7) is 7.27. The van der Waals surface area contributed by atoms with Gasteiger partial charge < -0.3 is 10.2 Å². The molecule has 1 aromatic rings. The number of aromatic nitrogens is 4. The highest BCUT2D eigenvalue weighted by Crippen LogP contribution is 2.23. The molecule has 1 saturated heterocycles. The molecule has 25 heavy (non-hydrogen) atoms. The van der Waals surface area contributed by atoms with Crippen LogP contribution in [-0.2, 0) is 11.3 Å². The molecule has 0 bridgehead atoms. The van der Waals surface area contributed by atoms with Crippen molar-refractivity contribution >= 4 is 11.9 Å². The zero-order valence-electron chi connectivity index (χ0n) is 15.4. The van der Waals surface area contributed by atoms with Crippen LogP contribution in [0.1, 0.15) is 52.4 Å². The van der Waals surface area contributed by atoms with Crippen LogP contribution in [0, 0.1) is 11.8 Å². The largest absolute Gasteiger partial charge is 0.356 e. The van der Waals surface area contributed by atoms with Crippen LogP contribution < -0.4 is 10.2 Å². The van der Waals surface area contributed by atoms with Crippen LogP contribution in [0.4, 0.5) is 5.95 Å². The Morgan fingerprint density at radius 3 is 3.00 bits per heavy atom. The molecule has 1 aliphatic heterocycles. The maximum absolute atomic E-state index is 11.8. The number of hydrogen-bond donors (Lipinski definition) is 1. The Morgan fingerprint density at radius 2 is 2.24 bits per heavy atom. The molecule has 1 amide bonds. The average molecular weight is 346 g/mol. The van der Waals surface area contributed by atoms with Crippen molar-refractivity contribution in [2.24, 2.45) is 11.8 Å². The van der Waals surface area contributed by atoms with E-state index < -0.39 is 0 Å². The standard InChI is InChI=1S/C18H30N6O/c1-14(2)17(25)19-11-16-9-6-10-23(12-16)18-20-21-22-24(18)13-15-7-4-3-5-8-15/h7,14,16H,3-6,8-13H2,1-2H3,(H,19,25). The molecule has 3 rings (SSSR count). The predicted molar refractivity (Wildman–Crippen MR) is 97.2 cm³/mol. The maximum Gasteiger partial charge on any atom is 0.245 e. The summed E-state index contributed by atoms with van der Waals surface area (Å²) in [5.74, 6) is 1.49. The van der Waals surface area contributed by atoms with Gasteiger partial charge in [0.1, 0.15) is 0 Å². The molecule has 0 saturated carbocycles. The second-order valence-electron chi connectivity index (χ2n) is 7.60. The van der Waals surface area contributed by atoms with Gasteiger partial charge in [-0.2, -0.15) is 0 Å². The van der Waals surface area contributed by atoms with Crippen molar-refractivity contribution in [3.63, 3.8) is 0 Å². The van der Waals surface area contributed by atoms with Crippen molar-refractivity contribution in [2.45, 2.75) is 58.9 Å². The van der Waals surface area contributed by atoms with Crippen molar-refractivity contribution < 1.29 is 4.79 Å². The quantitative estimate of drug-likeness (QED) is 0.799. The fraction of sp³-hybridized carbons (Fsp3) is 0.778. The summed E-state index contributed by atoms with van der Waals surface area (Å²) < 4.78 is 1.94. The second-order valence-corrected chi connectivity index (χ2v) is 7.60. The number of nitrogens with zero attached hydrogens (tertiary/aromatic N) is 5. The fourth-order valence-corrected chi connectivity index (χ4v) is 3.63. The zero-order chi connectivity index (χ0) is 17.6. The summed E-state index contributed by atoms with van der Waals surface area (Å²) in [7, 11) is 0. The Balaban J connectivity index is 1.59. The van der Waals surface area contributed by atoms with Crippen LogP contribution in [0.3, 0.4) is 0 Å². The van der Waals surface area contributed by atoms with Crippen LogP contribution >= 0.6 is 0 Å². The molecule has 1 atom stereocenters. The molecule has 0 radical (unpaired) electrons. The first-order valence-corrected chi connectivity index (χ1v) is 9.60. The minimum atomic E-state index is 0.0377. The summed E-state index contributed by atoms with van der Waals surface area (Å²) >= 11 is 0. The minimum absolute atomic E-state index is 0.0377. The summed E-state index contributed by atoms with van der Waals surface area (Å²) in [5.41, 5.74) is 1.44. The lowest BCUT2D eigenvalue weighted by molar-refractivity contribution is -0.124.